The van der Waals surface area contributed by atoms with Gasteiger partial charge in [-0.3, -0.25) is 10.1 Å². The first-order valence-corrected chi connectivity index (χ1v) is 5.24. The highest BCUT2D eigenvalue weighted by molar-refractivity contribution is 5.99. The first kappa shape index (κ1) is 13.6. The number of aromatic amines is 1. The lowest BCUT2D eigenvalue weighted by molar-refractivity contribution is 0.262. The molecule has 1 aromatic carbocycles. The van der Waals surface area contributed by atoms with Crippen molar-refractivity contribution in [1.82, 2.24) is 10.2 Å². The molecule has 3 N–H and O–H groups in total. The molecule has 0 spiro atoms. The zero-order valence-electron chi connectivity index (χ0n) is 9.71. The van der Waals surface area contributed by atoms with E-state index < -0.39 is 34.7 Å². The van der Waals surface area contributed by atoms with Crippen molar-refractivity contribution in [3.8, 4) is 0 Å². The molecule has 0 saturated carbocycles. The summed E-state index contributed by atoms with van der Waals surface area (Å²) < 4.78 is 38.9. The molecule has 1 heterocycles. The van der Waals surface area contributed by atoms with Crippen LogP contribution in [0.4, 0.5) is 29.5 Å². The number of carbonyl (C=O) groups excluding carboxylic acids is 1. The molecule has 0 bridgehead atoms. The minimum absolute atomic E-state index is 0.00917. The van der Waals surface area contributed by atoms with Gasteiger partial charge in [-0.2, -0.15) is 5.10 Å². The SMILES string of the molecule is O=C(Nc1ccc(=O)[nH]n1)Nc1ccc(F)c(F)c1F. The molecule has 0 aliphatic carbocycles. The Bertz CT molecular complexity index is 697. The second kappa shape index (κ2) is 5.43. The Kier molecular flexibility index (Phi) is 3.69. The summed E-state index contributed by atoms with van der Waals surface area (Å²) in [6, 6.07) is 2.93. The number of amides is 2. The quantitative estimate of drug-likeness (QED) is 0.735. The van der Waals surface area contributed by atoms with Crippen LogP contribution in [-0.4, -0.2) is 16.2 Å². The third-order valence-corrected chi connectivity index (χ3v) is 2.20. The van der Waals surface area contributed by atoms with E-state index in [0.717, 1.165) is 12.1 Å². The van der Waals surface area contributed by atoms with Gasteiger partial charge in [0.25, 0.3) is 5.56 Å². The summed E-state index contributed by atoms with van der Waals surface area (Å²) in [5.74, 6) is -4.58. The van der Waals surface area contributed by atoms with Crippen molar-refractivity contribution < 1.29 is 18.0 Å². The number of halogens is 3. The Morgan fingerprint density at radius 3 is 2.45 bits per heavy atom. The Hall–Kier alpha value is -2.84. The van der Waals surface area contributed by atoms with Gasteiger partial charge in [0.2, 0.25) is 0 Å². The lowest BCUT2D eigenvalue weighted by atomic mass is 10.3. The van der Waals surface area contributed by atoms with Crippen LogP contribution in [0, 0.1) is 17.5 Å². The minimum Gasteiger partial charge on any atom is -0.305 e. The molecule has 0 unspecified atom stereocenters. The number of aromatic nitrogens is 2. The molecule has 0 aliphatic heterocycles. The lowest BCUT2D eigenvalue weighted by Gasteiger charge is -2.08. The van der Waals surface area contributed by atoms with E-state index in [-0.39, 0.29) is 5.82 Å². The molecule has 20 heavy (non-hydrogen) atoms. The smallest absolute Gasteiger partial charge is 0.305 e. The van der Waals surface area contributed by atoms with Crippen LogP contribution in [0.1, 0.15) is 0 Å². The van der Waals surface area contributed by atoms with Gasteiger partial charge in [0.05, 0.1) is 5.69 Å². The summed E-state index contributed by atoms with van der Waals surface area (Å²) in [6.07, 6.45) is 0. The topological polar surface area (TPSA) is 86.9 Å². The fraction of sp³-hybridized carbons (Fsp3) is 0. The highest BCUT2D eigenvalue weighted by Crippen LogP contribution is 2.19. The molecule has 9 heteroatoms. The maximum Gasteiger partial charge on any atom is 0.324 e. The van der Waals surface area contributed by atoms with E-state index in [1.54, 1.807) is 0 Å². The number of hydrogen-bond donors (Lipinski definition) is 3. The van der Waals surface area contributed by atoms with Crippen molar-refractivity contribution in [2.75, 3.05) is 10.6 Å². The Morgan fingerprint density at radius 2 is 1.80 bits per heavy atom. The highest BCUT2D eigenvalue weighted by Gasteiger charge is 2.15. The molecule has 0 aliphatic rings. The number of nitrogens with zero attached hydrogens (tertiary/aromatic N) is 1. The third kappa shape index (κ3) is 2.94. The van der Waals surface area contributed by atoms with Gasteiger partial charge in [-0.1, -0.05) is 0 Å². The molecular formula is C11H7F3N4O2. The van der Waals surface area contributed by atoms with Crippen molar-refractivity contribution in [3.63, 3.8) is 0 Å². The number of nitrogens with one attached hydrogen (secondary N) is 3. The van der Waals surface area contributed by atoms with E-state index in [4.69, 9.17) is 0 Å². The normalized spacial score (nSPS) is 10.2. The highest BCUT2D eigenvalue weighted by atomic mass is 19.2. The van der Waals surface area contributed by atoms with Crippen LogP contribution in [-0.2, 0) is 0 Å². The van der Waals surface area contributed by atoms with Crippen molar-refractivity contribution in [3.05, 3.63) is 52.1 Å². The second-order valence-corrected chi connectivity index (χ2v) is 3.61. The largest absolute Gasteiger partial charge is 0.324 e. The molecule has 0 fully saturated rings. The zero-order chi connectivity index (χ0) is 14.7. The van der Waals surface area contributed by atoms with Gasteiger partial charge in [-0.25, -0.2) is 23.1 Å². The van der Waals surface area contributed by atoms with E-state index >= 15 is 0 Å². The van der Waals surface area contributed by atoms with Gasteiger partial charge in [-0.05, 0) is 18.2 Å². The lowest BCUT2D eigenvalue weighted by Crippen LogP contribution is -2.22. The summed E-state index contributed by atoms with van der Waals surface area (Å²) in [4.78, 5) is 22.2. The number of benzene rings is 1. The van der Waals surface area contributed by atoms with E-state index in [2.05, 4.69) is 15.5 Å². The molecule has 0 saturated heterocycles. The van der Waals surface area contributed by atoms with Gasteiger partial charge < -0.3 is 5.32 Å². The number of H-pyrrole nitrogens is 1. The zero-order valence-corrected chi connectivity index (χ0v) is 9.71. The molecule has 0 radical (unpaired) electrons. The van der Waals surface area contributed by atoms with Gasteiger partial charge >= 0.3 is 6.03 Å². The molecule has 2 aromatic rings. The van der Waals surface area contributed by atoms with Crippen LogP contribution < -0.4 is 16.2 Å². The van der Waals surface area contributed by atoms with E-state index in [1.165, 1.54) is 6.07 Å². The molecule has 1 aromatic heterocycles. The Balaban J connectivity index is 2.10. The third-order valence-electron chi connectivity index (χ3n) is 2.20. The summed E-state index contributed by atoms with van der Waals surface area (Å²) in [5.41, 5.74) is -1.01. The molecule has 2 rings (SSSR count). The van der Waals surface area contributed by atoms with E-state index in [9.17, 15) is 22.8 Å². The van der Waals surface area contributed by atoms with Crippen LogP contribution >= 0.6 is 0 Å². The van der Waals surface area contributed by atoms with Crippen molar-refractivity contribution in [1.29, 1.82) is 0 Å². The predicted molar refractivity (Wildman–Crippen MR) is 63.8 cm³/mol. The van der Waals surface area contributed by atoms with Gasteiger partial charge in [0.1, 0.15) is 0 Å². The molecule has 104 valence electrons. The van der Waals surface area contributed by atoms with Gasteiger partial charge in [0.15, 0.2) is 23.3 Å². The fourth-order valence-electron chi connectivity index (χ4n) is 1.31. The molecule has 6 nitrogen and oxygen atoms in total. The maximum absolute atomic E-state index is 13.3. The summed E-state index contributed by atoms with van der Waals surface area (Å²) in [7, 11) is 0. The monoisotopic (exact) mass is 284 g/mol. The Labute approximate surface area is 109 Å². The Morgan fingerprint density at radius 1 is 1.05 bits per heavy atom. The molecular weight excluding hydrogens is 277 g/mol. The second-order valence-electron chi connectivity index (χ2n) is 3.61. The average Bonchev–Trinajstić information content (AvgIpc) is 2.42. The standard InChI is InChI=1S/C11H7F3N4O2/c12-5-1-2-6(10(14)9(5)13)15-11(20)16-7-3-4-8(19)18-17-7/h1-4H,(H,18,19)(H2,15,16,17,20). The maximum atomic E-state index is 13.3. The fourth-order valence-corrected chi connectivity index (χ4v) is 1.31. The predicted octanol–water partition coefficient (Wildman–Crippen LogP) is 1.83. The van der Waals surface area contributed by atoms with Crippen LogP contribution in [0.25, 0.3) is 0 Å². The van der Waals surface area contributed by atoms with Crippen LogP contribution in [0.3, 0.4) is 0 Å². The number of carbonyl (C=O) groups is 1. The number of urea groups is 1. The summed E-state index contributed by atoms with van der Waals surface area (Å²) >= 11 is 0. The average molecular weight is 284 g/mol. The molecule has 0 atom stereocenters. The minimum atomic E-state index is -1.69. The summed E-state index contributed by atoms with van der Waals surface area (Å²) in [6.45, 7) is 0. The van der Waals surface area contributed by atoms with E-state index in [0.29, 0.717) is 6.07 Å². The number of rotatable bonds is 2. The van der Waals surface area contributed by atoms with Gasteiger partial charge in [-0.15, -0.1) is 0 Å². The van der Waals surface area contributed by atoms with Crippen LogP contribution in [0.15, 0.2) is 29.1 Å². The first-order valence-electron chi connectivity index (χ1n) is 5.24. The van der Waals surface area contributed by atoms with Crippen molar-refractivity contribution in [2.45, 2.75) is 0 Å². The molecule has 2 amide bonds. The van der Waals surface area contributed by atoms with Crippen molar-refractivity contribution >= 4 is 17.5 Å². The van der Waals surface area contributed by atoms with Crippen LogP contribution in [0.5, 0.6) is 0 Å². The van der Waals surface area contributed by atoms with Gasteiger partial charge in [0, 0.05) is 6.07 Å². The number of hydrogen-bond acceptors (Lipinski definition) is 3. The summed E-state index contributed by atoms with van der Waals surface area (Å²) in [5, 5.41) is 9.68. The van der Waals surface area contributed by atoms with Crippen molar-refractivity contribution in [2.24, 2.45) is 0 Å². The van der Waals surface area contributed by atoms with Crippen LogP contribution in [0.2, 0.25) is 0 Å². The van der Waals surface area contributed by atoms with E-state index in [1.807, 2.05) is 5.32 Å². The first-order chi connectivity index (χ1) is 9.47. The number of anilines is 2.